The van der Waals surface area contributed by atoms with Gasteiger partial charge in [-0.05, 0) is 65.9 Å². The van der Waals surface area contributed by atoms with Crippen LogP contribution in [0.3, 0.4) is 0 Å². The van der Waals surface area contributed by atoms with Crippen molar-refractivity contribution >= 4 is 85.5 Å². The lowest BCUT2D eigenvalue weighted by molar-refractivity contribution is -0.432. The van der Waals surface area contributed by atoms with E-state index in [9.17, 15) is 18.1 Å². The number of phenolic OH excluding ortho intramolecular Hbond substituents is 1. The molecule has 0 saturated carbocycles. The van der Waals surface area contributed by atoms with Crippen LogP contribution >= 0.6 is 35.7 Å². The second-order valence-corrected chi connectivity index (χ2v) is 10.9. The maximum Gasteiger partial charge on any atom is 0.296 e. The zero-order valence-corrected chi connectivity index (χ0v) is 23.2. The van der Waals surface area contributed by atoms with Crippen LogP contribution in [0.2, 0.25) is 6.70 Å². The topological polar surface area (TPSA) is 251 Å². The molecule has 3 aromatic carbocycles. The molecule has 4 rings (SSSR count). The van der Waals surface area contributed by atoms with Crippen LogP contribution < -0.4 is 10.6 Å². The summed E-state index contributed by atoms with van der Waals surface area (Å²) in [6, 6.07) is 8.73. The third kappa shape index (κ3) is 7.27. The van der Waals surface area contributed by atoms with E-state index >= 15 is 0 Å². The number of hydrogen-bond donors (Lipinski definition) is 7. The van der Waals surface area contributed by atoms with Crippen LogP contribution in [0.5, 0.6) is 5.75 Å². The number of halogens is 1. The molecule has 0 aliphatic heterocycles. The fraction of sp³-hybridized carbons (Fsp3) is 0.0500. The van der Waals surface area contributed by atoms with Crippen molar-refractivity contribution < 1.29 is 48.7 Å². The van der Waals surface area contributed by atoms with Crippen molar-refractivity contribution in [3.63, 3.8) is 0 Å². The van der Waals surface area contributed by atoms with Crippen LogP contribution in [0.15, 0.2) is 56.2 Å². The molecule has 0 fully saturated rings. The highest BCUT2D eigenvalue weighted by Gasteiger charge is 2.24. The Kier molecular flexibility index (Phi) is 9.26. The molecule has 4 aromatic rings. The van der Waals surface area contributed by atoms with E-state index in [2.05, 4.69) is 55.0 Å². The summed E-state index contributed by atoms with van der Waals surface area (Å²) in [6.45, 7) is 1.78. The van der Waals surface area contributed by atoms with E-state index < -0.39 is 26.5 Å². The van der Waals surface area contributed by atoms with Gasteiger partial charge in [-0.25, -0.2) is 16.0 Å². The molecule has 216 valence electrons. The summed E-state index contributed by atoms with van der Waals surface area (Å²) >= 11 is 7.42. The minimum Gasteiger partial charge on any atom is -0.505 e. The molecule has 1 heterocycles. The SMILES string of the molecule is [2H]N=Nc1c(S(=O)(=O)O)cc2cc(SOOO)cc(Nc3nc(Cl)nc(Nc4ccc(SOOO)c(C)c4)n3)c2c1O. The number of aromatic hydroxyl groups is 1. The van der Waals surface area contributed by atoms with Gasteiger partial charge in [0.25, 0.3) is 10.1 Å². The smallest absolute Gasteiger partial charge is 0.296 e. The number of anilines is 4. The van der Waals surface area contributed by atoms with E-state index in [1.165, 1.54) is 12.1 Å². The second-order valence-electron chi connectivity index (χ2n) is 7.65. The van der Waals surface area contributed by atoms with Crippen molar-refractivity contribution in [2.75, 3.05) is 10.6 Å². The van der Waals surface area contributed by atoms with Crippen molar-refractivity contribution in [2.24, 2.45) is 5.11 Å². The van der Waals surface area contributed by atoms with Gasteiger partial charge in [-0.15, -0.1) is 8.67 Å². The fourth-order valence-corrected chi connectivity index (χ4v) is 5.22. The number of fused-ring (bicyclic) bond motifs is 1. The Balaban J connectivity index is 1.78. The number of benzene rings is 3. The summed E-state index contributed by atoms with van der Waals surface area (Å²) in [5, 5.41) is 44.0. The van der Waals surface area contributed by atoms with E-state index in [1.54, 1.807) is 25.1 Å². The minimum atomic E-state index is -4.93. The van der Waals surface area contributed by atoms with Crippen molar-refractivity contribution in [3.8, 4) is 5.75 Å². The van der Waals surface area contributed by atoms with Crippen LogP contribution in [0, 0.1) is 12.4 Å². The molecule has 0 amide bonds. The predicted molar refractivity (Wildman–Crippen MR) is 144 cm³/mol. The number of phenols is 1. The van der Waals surface area contributed by atoms with Gasteiger partial charge >= 0.3 is 0 Å². The van der Waals surface area contributed by atoms with Crippen molar-refractivity contribution in [2.45, 2.75) is 21.6 Å². The highest BCUT2D eigenvalue weighted by atomic mass is 35.5. The standard InChI is InChI=1S/C20H16ClN7O10S3/c1-8-4-10(2-3-13(8)40-38-36-31)23-19-25-18(21)26-20(27-19)24-12-7-11(39-37-35-30)5-9-6-14(41(32,33)34)16(28-22)17(29)15(9)12/h2-7,22,29-31H,1H3,(H,32,33,34)(H2,23,24,25,26,27)/i/hD. The molecule has 0 radical (unpaired) electrons. The zero-order chi connectivity index (χ0) is 30.4. The normalized spacial score (nSPS) is 12.2. The summed E-state index contributed by atoms with van der Waals surface area (Å²) in [5.74, 6) is -0.905. The summed E-state index contributed by atoms with van der Waals surface area (Å²) in [7, 11) is -4.93. The first-order valence-corrected chi connectivity index (χ1v) is 13.9. The van der Waals surface area contributed by atoms with Gasteiger partial charge in [0.05, 0.1) is 29.8 Å². The van der Waals surface area contributed by atoms with Gasteiger partial charge in [0.1, 0.15) is 10.6 Å². The van der Waals surface area contributed by atoms with Crippen LogP contribution in [0.4, 0.5) is 29.0 Å². The Bertz CT molecular complexity index is 1770. The predicted octanol–water partition coefficient (Wildman–Crippen LogP) is 5.95. The highest BCUT2D eigenvalue weighted by Crippen LogP contribution is 2.45. The monoisotopic (exact) mass is 646 g/mol. The molecule has 7 N–H and O–H groups in total. The molecule has 41 heavy (non-hydrogen) atoms. The second kappa shape index (κ2) is 13.1. The lowest BCUT2D eigenvalue weighted by Crippen LogP contribution is -2.05. The molecule has 17 nitrogen and oxygen atoms in total. The number of hydrogen-bond acceptors (Lipinski definition) is 18. The molecule has 0 spiro atoms. The number of nitrogens with one attached hydrogen (secondary N) is 3. The maximum absolute atomic E-state index is 12.0. The first-order chi connectivity index (χ1) is 20.0. The van der Waals surface area contributed by atoms with Gasteiger partial charge in [-0.2, -0.15) is 28.5 Å². The minimum absolute atomic E-state index is 0.000621. The lowest BCUT2D eigenvalue weighted by atomic mass is 10.1. The third-order valence-corrected chi connectivity index (χ3v) is 7.46. The third-order valence-electron chi connectivity index (χ3n) is 5.10. The molecule has 0 atom stereocenters. The number of aromatic nitrogens is 3. The summed E-state index contributed by atoms with van der Waals surface area (Å²) in [5.41, 5.74) is 3.39. The highest BCUT2D eigenvalue weighted by molar-refractivity contribution is 7.94. The summed E-state index contributed by atoms with van der Waals surface area (Å²) in [4.78, 5) is 12.3. The van der Waals surface area contributed by atoms with E-state index in [-0.39, 0.29) is 38.5 Å². The Morgan fingerprint density at radius 3 is 2.41 bits per heavy atom. The molecular formula is C20H16ClN7O10S3. The number of aryl methyl sites for hydroxylation is 1. The van der Waals surface area contributed by atoms with E-state index in [4.69, 9.17) is 23.5 Å². The molecule has 21 heteroatoms. The largest absolute Gasteiger partial charge is 0.505 e. The molecule has 0 aliphatic carbocycles. The summed E-state index contributed by atoms with van der Waals surface area (Å²) < 4.78 is 49.6. The van der Waals surface area contributed by atoms with Crippen molar-refractivity contribution in [1.82, 2.24) is 15.0 Å². The molecular weight excluding hydrogens is 630 g/mol. The Labute approximate surface area is 244 Å². The van der Waals surface area contributed by atoms with E-state index in [0.29, 0.717) is 22.6 Å². The average molecular weight is 647 g/mol. The van der Waals surface area contributed by atoms with Crippen LogP contribution in [0.1, 0.15) is 5.56 Å². The van der Waals surface area contributed by atoms with Crippen LogP contribution in [-0.4, -0.2) is 43.5 Å². The van der Waals surface area contributed by atoms with Gasteiger partial charge in [-0.3, -0.25) is 4.55 Å². The van der Waals surface area contributed by atoms with E-state index in [0.717, 1.165) is 23.7 Å². The Morgan fingerprint density at radius 1 is 1.05 bits per heavy atom. The first-order valence-electron chi connectivity index (χ1n) is 11.0. The fourth-order valence-electron chi connectivity index (χ4n) is 3.54. The Morgan fingerprint density at radius 2 is 1.76 bits per heavy atom. The van der Waals surface area contributed by atoms with Gasteiger partial charge < -0.3 is 15.7 Å². The number of rotatable bonds is 12. The average Bonchev–Trinajstić information content (AvgIpc) is 2.92. The van der Waals surface area contributed by atoms with Crippen molar-refractivity contribution in [1.29, 1.82) is 5.52 Å². The van der Waals surface area contributed by atoms with Gasteiger partial charge in [0.15, 0.2) is 5.75 Å². The lowest BCUT2D eigenvalue weighted by Gasteiger charge is -2.15. The maximum atomic E-state index is 12.0. The van der Waals surface area contributed by atoms with Gasteiger partial charge in [0.2, 0.25) is 18.6 Å². The Hall–Kier alpha value is -3.41. The first kappa shape index (κ1) is 29.1. The molecule has 0 bridgehead atoms. The molecule has 0 unspecified atom stereocenters. The van der Waals surface area contributed by atoms with E-state index in [1.807, 2.05) is 0 Å². The van der Waals surface area contributed by atoms with Gasteiger partial charge in [0, 0.05) is 20.9 Å². The quantitative estimate of drug-likeness (QED) is 0.0308. The molecule has 1 aromatic heterocycles. The zero-order valence-electron chi connectivity index (χ0n) is 21.0. The summed E-state index contributed by atoms with van der Waals surface area (Å²) in [6.07, 6.45) is 0. The van der Waals surface area contributed by atoms with Crippen LogP contribution in [0.25, 0.3) is 10.8 Å². The number of nitrogens with zero attached hydrogens (tertiary/aromatic N) is 4. The molecule has 0 saturated heterocycles. The van der Waals surface area contributed by atoms with Crippen molar-refractivity contribution in [3.05, 3.63) is 47.2 Å². The van der Waals surface area contributed by atoms with Crippen LogP contribution in [-0.2, 0) is 28.9 Å². The molecule has 0 aliphatic rings. The van der Waals surface area contributed by atoms with Gasteiger partial charge in [-0.1, -0.05) is 10.1 Å².